The number of aromatic carboxylic acids is 1. The highest BCUT2D eigenvalue weighted by Gasteiger charge is 2.26. The number of fused-ring (bicyclic) bond motifs is 2. The Balaban J connectivity index is 0.000000178. The number of hydrogen-bond donors (Lipinski definition) is 1. The van der Waals surface area contributed by atoms with Crippen LogP contribution in [0.1, 0.15) is 56.2 Å². The minimum absolute atomic E-state index is 0.0149. The zero-order valence-electron chi connectivity index (χ0n) is 36.5. The quantitative estimate of drug-likeness (QED) is 0.159. The first-order valence-corrected chi connectivity index (χ1v) is 23.4. The second-order valence-electron chi connectivity index (χ2n) is 17.0. The number of hydrogen-bond acceptors (Lipinski definition) is 9. The predicted molar refractivity (Wildman–Crippen MR) is 259 cm³/mol. The molecule has 0 radical (unpaired) electrons. The fourth-order valence-corrected chi connectivity index (χ4v) is 10.1. The first-order valence-electron chi connectivity index (χ1n) is 21.9. The Bertz CT molecular complexity index is 2600. The third kappa shape index (κ3) is 10.3. The van der Waals surface area contributed by atoms with E-state index in [4.69, 9.17) is 55.2 Å². The third-order valence-electron chi connectivity index (χ3n) is 12.8. The lowest BCUT2D eigenvalue weighted by Crippen LogP contribution is -2.47. The average molecular weight is 949 g/mol. The van der Waals surface area contributed by atoms with Crippen molar-refractivity contribution in [1.29, 1.82) is 0 Å². The highest BCUT2D eigenvalue weighted by atomic mass is 35.5. The number of piperazine rings is 1. The van der Waals surface area contributed by atoms with Crippen LogP contribution >= 0.6 is 46.4 Å². The van der Waals surface area contributed by atoms with E-state index in [2.05, 4.69) is 44.5 Å². The number of amides is 1. The van der Waals surface area contributed by atoms with Crippen LogP contribution in [0.2, 0.25) is 20.1 Å². The minimum atomic E-state index is -1.05. The van der Waals surface area contributed by atoms with Gasteiger partial charge >= 0.3 is 5.97 Å². The second-order valence-corrected chi connectivity index (χ2v) is 18.6. The lowest BCUT2D eigenvalue weighted by Gasteiger charge is -2.31. The third-order valence-corrected chi connectivity index (χ3v) is 14.3. The number of carboxylic acid groups (broad SMARTS) is 1. The summed E-state index contributed by atoms with van der Waals surface area (Å²) in [6.45, 7) is 16.4. The molecular formula is C49H54Cl4N6O5. The van der Waals surface area contributed by atoms with Gasteiger partial charge in [-0.15, -0.1) is 0 Å². The number of carbonyl (C=O) groups excluding carboxylic acids is 1. The number of rotatable bonds is 8. The Morgan fingerprint density at radius 3 is 1.45 bits per heavy atom. The Morgan fingerprint density at radius 1 is 0.562 bits per heavy atom. The van der Waals surface area contributed by atoms with Crippen LogP contribution < -0.4 is 9.80 Å². The summed E-state index contributed by atoms with van der Waals surface area (Å²) in [4.78, 5) is 38.0. The molecule has 3 fully saturated rings. The Hall–Kier alpha value is -4.46. The summed E-state index contributed by atoms with van der Waals surface area (Å²) in [6.07, 6.45) is 2.07. The zero-order valence-corrected chi connectivity index (χ0v) is 39.5. The minimum Gasteiger partial charge on any atom is -0.475 e. The Morgan fingerprint density at radius 2 is 1.00 bits per heavy atom. The summed E-state index contributed by atoms with van der Waals surface area (Å²) < 4.78 is 11.4. The van der Waals surface area contributed by atoms with E-state index in [0.29, 0.717) is 21.4 Å². The normalized spacial score (nSPS) is 17.1. The fraction of sp³-hybridized carbons (Fsp3) is 0.388. The van der Waals surface area contributed by atoms with Gasteiger partial charge in [0.1, 0.15) is 11.2 Å². The van der Waals surface area contributed by atoms with E-state index in [0.717, 1.165) is 159 Å². The van der Waals surface area contributed by atoms with Crippen molar-refractivity contribution in [3.8, 4) is 0 Å². The molecule has 3 aliphatic heterocycles. The molecule has 3 saturated heterocycles. The number of carbonyl (C=O) groups is 2. The molecule has 0 atom stereocenters. The molecule has 1 amide bonds. The van der Waals surface area contributed by atoms with Gasteiger partial charge in [0.25, 0.3) is 5.91 Å². The van der Waals surface area contributed by atoms with Gasteiger partial charge in [0.15, 0.2) is 5.76 Å². The first kappa shape index (κ1) is 46.1. The summed E-state index contributed by atoms with van der Waals surface area (Å²) in [5.41, 5.74) is 7.87. The van der Waals surface area contributed by atoms with Crippen molar-refractivity contribution in [3.05, 3.63) is 127 Å². The summed E-state index contributed by atoms with van der Waals surface area (Å²) in [5.74, 6) is -0.660. The molecule has 5 heterocycles. The van der Waals surface area contributed by atoms with Crippen LogP contribution in [0.3, 0.4) is 0 Å². The van der Waals surface area contributed by atoms with Crippen LogP contribution in [-0.2, 0) is 13.1 Å². The van der Waals surface area contributed by atoms with Gasteiger partial charge < -0.3 is 33.5 Å². The molecule has 338 valence electrons. The van der Waals surface area contributed by atoms with E-state index in [-0.39, 0.29) is 11.7 Å². The van der Waals surface area contributed by atoms with Crippen LogP contribution in [0.25, 0.3) is 21.9 Å². The Labute approximate surface area is 394 Å². The van der Waals surface area contributed by atoms with Gasteiger partial charge in [-0.25, -0.2) is 4.79 Å². The molecule has 0 bridgehead atoms. The molecule has 64 heavy (non-hydrogen) atoms. The van der Waals surface area contributed by atoms with Gasteiger partial charge in [-0.1, -0.05) is 58.5 Å². The summed E-state index contributed by atoms with van der Waals surface area (Å²) >= 11 is 25.5. The zero-order chi connectivity index (χ0) is 45.1. The van der Waals surface area contributed by atoms with Crippen molar-refractivity contribution < 1.29 is 23.5 Å². The van der Waals surface area contributed by atoms with Gasteiger partial charge in [-0.3, -0.25) is 14.6 Å². The summed E-state index contributed by atoms with van der Waals surface area (Å²) in [7, 11) is 2.09. The van der Waals surface area contributed by atoms with Gasteiger partial charge in [0.2, 0.25) is 5.76 Å². The van der Waals surface area contributed by atoms with E-state index in [9.17, 15) is 14.7 Å². The number of carboxylic acids is 1. The van der Waals surface area contributed by atoms with E-state index < -0.39 is 5.97 Å². The molecule has 3 aliphatic rings. The van der Waals surface area contributed by atoms with Crippen LogP contribution in [0, 0.1) is 13.8 Å². The Kier molecular flexibility index (Phi) is 14.7. The highest BCUT2D eigenvalue weighted by molar-refractivity contribution is 6.36. The first-order chi connectivity index (χ1) is 30.8. The molecule has 15 heteroatoms. The van der Waals surface area contributed by atoms with Crippen LogP contribution in [0.4, 0.5) is 11.4 Å². The van der Waals surface area contributed by atoms with Crippen molar-refractivity contribution in [1.82, 2.24) is 19.6 Å². The van der Waals surface area contributed by atoms with Crippen molar-refractivity contribution >= 4 is 91.6 Å². The number of aryl methyl sites for hydroxylation is 2. The molecule has 0 spiro atoms. The monoisotopic (exact) mass is 946 g/mol. The predicted octanol–water partition coefficient (Wildman–Crippen LogP) is 10.6. The summed E-state index contributed by atoms with van der Waals surface area (Å²) in [5, 5.41) is 13.9. The van der Waals surface area contributed by atoms with Gasteiger partial charge in [-0.2, -0.15) is 0 Å². The van der Waals surface area contributed by atoms with Crippen LogP contribution in [-0.4, -0.2) is 122 Å². The van der Waals surface area contributed by atoms with E-state index >= 15 is 0 Å². The summed E-state index contributed by atoms with van der Waals surface area (Å²) in [6, 6.07) is 22.9. The number of likely N-dealkylation sites (N-methyl/N-ethyl adjacent to an activating group) is 1. The van der Waals surface area contributed by atoms with Crippen molar-refractivity contribution in [3.63, 3.8) is 0 Å². The molecule has 2 aromatic heterocycles. The molecular weight excluding hydrogens is 894 g/mol. The second kappa shape index (κ2) is 20.4. The van der Waals surface area contributed by atoms with E-state index in [1.54, 1.807) is 6.07 Å². The molecule has 1 N–H and O–H groups in total. The molecule has 0 aliphatic carbocycles. The number of benzene rings is 4. The molecule has 0 unspecified atom stereocenters. The van der Waals surface area contributed by atoms with Crippen LogP contribution in [0.5, 0.6) is 0 Å². The molecule has 6 aromatic rings. The smallest absolute Gasteiger partial charge is 0.371 e. The maximum absolute atomic E-state index is 13.0. The number of furan rings is 2. The van der Waals surface area contributed by atoms with Crippen LogP contribution in [0.15, 0.2) is 81.6 Å². The van der Waals surface area contributed by atoms with E-state index in [1.807, 2.05) is 72.5 Å². The topological polar surface area (TPSA) is 100 Å². The van der Waals surface area contributed by atoms with E-state index in [1.165, 1.54) is 5.69 Å². The number of anilines is 2. The standard InChI is InChI=1S/C27H32Cl2N4O2.C22H22Cl2N2O3/c1-19-20-17-26(27(34)33-14-11-30(2)12-15-33)35-25(20)8-7-24(19)32-10-4-9-31(13-16-32)18-21-22(28)5-3-6-23(21)29;1-14-15-12-21(22(27)28)29-20(15)7-6-19(14)26-9-3-8-25(10-11-26)13-16-17(23)4-2-5-18(16)24/h3,5-8,17H,4,9-16,18H2,1-2H3;2,4-7,12H,3,8-11,13H2,1H3,(H,27,28). The number of halogens is 4. The molecule has 9 rings (SSSR count). The molecule has 4 aromatic carbocycles. The number of nitrogens with zero attached hydrogens (tertiary/aromatic N) is 6. The highest BCUT2D eigenvalue weighted by Crippen LogP contribution is 2.34. The van der Waals surface area contributed by atoms with Crippen molar-refractivity contribution in [2.24, 2.45) is 0 Å². The van der Waals surface area contributed by atoms with Gasteiger partial charge in [0.05, 0.1) is 0 Å². The molecule has 11 nitrogen and oxygen atoms in total. The molecule has 0 saturated carbocycles. The van der Waals surface area contributed by atoms with Gasteiger partial charge in [-0.05, 0) is 106 Å². The lowest BCUT2D eigenvalue weighted by molar-refractivity contribution is 0.0633. The van der Waals surface area contributed by atoms with Gasteiger partial charge in [0, 0.05) is 145 Å². The largest absolute Gasteiger partial charge is 0.475 e. The van der Waals surface area contributed by atoms with Crippen molar-refractivity contribution in [2.45, 2.75) is 39.8 Å². The van der Waals surface area contributed by atoms with Crippen molar-refractivity contribution in [2.75, 3.05) is 95.4 Å². The average Bonchev–Trinajstić information content (AvgIpc) is 3.77. The fourth-order valence-electron chi connectivity index (χ4n) is 9.09. The maximum Gasteiger partial charge on any atom is 0.371 e. The lowest BCUT2D eigenvalue weighted by atomic mass is 10.1. The maximum atomic E-state index is 13.0. The SMILES string of the molecule is Cc1c(N2CCCN(Cc3c(Cl)cccc3Cl)CC2)ccc2oc(C(=O)N3CCN(C)CC3)cc12.Cc1c(N2CCCN(Cc3c(Cl)cccc3Cl)CC2)ccc2oc(C(=O)O)cc12.